The molecule has 0 amide bonds. The minimum atomic E-state index is -1.84. The van der Waals surface area contributed by atoms with Crippen molar-refractivity contribution in [3.05, 3.63) is 30.1 Å². The van der Waals surface area contributed by atoms with Gasteiger partial charge in [0.15, 0.2) is 10.8 Å². The predicted molar refractivity (Wildman–Crippen MR) is 83.3 cm³/mol. The van der Waals surface area contributed by atoms with Gasteiger partial charge in [0.25, 0.3) is 0 Å². The van der Waals surface area contributed by atoms with Crippen molar-refractivity contribution >= 4 is 5.90 Å². The first-order valence-electron chi connectivity index (χ1n) is 8.21. The number of nitriles is 3. The van der Waals surface area contributed by atoms with E-state index in [4.69, 9.17) is 14.9 Å². The highest BCUT2D eigenvalue weighted by Gasteiger charge is 2.80. The topological polar surface area (TPSA) is 127 Å². The third kappa shape index (κ3) is 1.60. The molecule has 1 aromatic rings. The van der Waals surface area contributed by atoms with Gasteiger partial charge in [-0.25, -0.2) is 0 Å². The maximum Gasteiger partial charge on any atom is 0.218 e. The van der Waals surface area contributed by atoms with Crippen molar-refractivity contribution in [3.8, 4) is 18.2 Å². The van der Waals surface area contributed by atoms with Crippen LogP contribution in [0.3, 0.4) is 0 Å². The number of hydrogen-bond donors (Lipinski definition) is 1. The molecule has 5 rings (SSSR count). The molecule has 124 valence electrons. The molecule has 3 aliphatic heterocycles. The van der Waals surface area contributed by atoms with Crippen molar-refractivity contribution in [2.75, 3.05) is 0 Å². The zero-order valence-corrected chi connectivity index (χ0v) is 13.4. The number of pyridine rings is 1. The van der Waals surface area contributed by atoms with E-state index in [1.165, 1.54) is 0 Å². The summed E-state index contributed by atoms with van der Waals surface area (Å²) in [4.78, 5) is 4.27. The first kappa shape index (κ1) is 15.6. The number of nitrogens with zero attached hydrogens (tertiary/aromatic N) is 4. The Balaban J connectivity index is 2.02. The number of aromatic nitrogens is 1. The van der Waals surface area contributed by atoms with Crippen LogP contribution in [0.5, 0.6) is 0 Å². The summed E-state index contributed by atoms with van der Waals surface area (Å²) in [6.45, 7) is 0. The molecule has 7 heteroatoms. The Hall–Kier alpha value is -2.95. The minimum absolute atomic E-state index is 0.363. The van der Waals surface area contributed by atoms with E-state index >= 15 is 0 Å². The van der Waals surface area contributed by atoms with Gasteiger partial charge in [0, 0.05) is 12.6 Å². The van der Waals surface area contributed by atoms with Crippen LogP contribution in [0.2, 0.25) is 0 Å². The zero-order chi connectivity index (χ0) is 17.7. The summed E-state index contributed by atoms with van der Waals surface area (Å²) >= 11 is 0. The van der Waals surface area contributed by atoms with E-state index < -0.39 is 28.6 Å². The van der Waals surface area contributed by atoms with Crippen LogP contribution in [0.4, 0.5) is 0 Å². The summed E-state index contributed by atoms with van der Waals surface area (Å²) in [6, 6.07) is 11.4. The van der Waals surface area contributed by atoms with Gasteiger partial charge < -0.3 is 9.47 Å². The van der Waals surface area contributed by atoms with Crippen LogP contribution in [-0.2, 0) is 9.47 Å². The molecule has 1 aromatic heterocycles. The fraction of sp³-hybridized carbons (Fsp3) is 0.500. The van der Waals surface area contributed by atoms with Crippen LogP contribution in [0.15, 0.2) is 24.4 Å². The Bertz CT molecular complexity index is 850. The molecule has 25 heavy (non-hydrogen) atoms. The average Bonchev–Trinajstić information content (AvgIpc) is 2.66. The van der Waals surface area contributed by atoms with Gasteiger partial charge in [-0.3, -0.25) is 10.4 Å². The molecule has 1 saturated carbocycles. The van der Waals surface area contributed by atoms with Gasteiger partial charge in [0.2, 0.25) is 11.7 Å². The number of rotatable bonds is 1. The maximum atomic E-state index is 10.1. The lowest BCUT2D eigenvalue weighted by Gasteiger charge is -2.63. The molecule has 0 aromatic carbocycles. The van der Waals surface area contributed by atoms with Crippen LogP contribution in [0.25, 0.3) is 0 Å². The lowest BCUT2D eigenvalue weighted by atomic mass is 9.48. The van der Waals surface area contributed by atoms with Crippen LogP contribution < -0.4 is 0 Å². The SMILES string of the molecule is N#CC1(C#N)[C@H]2CCCC[C@@]23OC(=N)[C@@]1(C#N)[C@H](c1ccccn1)O3. The molecule has 4 heterocycles. The Morgan fingerprint density at radius 3 is 2.60 bits per heavy atom. The minimum Gasteiger partial charge on any atom is -0.447 e. The highest BCUT2D eigenvalue weighted by molar-refractivity contribution is 5.88. The smallest absolute Gasteiger partial charge is 0.218 e. The standard InChI is InChI=1S/C18H15N5O2/c19-9-16(10-20)13-6-1-3-7-18(13)24-14(12-5-2-4-8-23-12)17(16,11-21)15(22)25-18/h2,4-5,8,13-14,22H,1,3,6-7H2/t13-,14+,17-,18-/m1/s1. The number of ether oxygens (including phenoxy) is 2. The molecule has 7 nitrogen and oxygen atoms in total. The molecule has 2 bridgehead atoms. The monoisotopic (exact) mass is 333 g/mol. The number of nitrogens with one attached hydrogen (secondary N) is 1. The van der Waals surface area contributed by atoms with Crippen LogP contribution in [0, 0.1) is 56.2 Å². The highest BCUT2D eigenvalue weighted by Crippen LogP contribution is 2.69. The molecule has 4 atom stereocenters. The Kier molecular flexibility index (Phi) is 3.13. The Morgan fingerprint density at radius 1 is 1.16 bits per heavy atom. The fourth-order valence-corrected chi connectivity index (χ4v) is 4.64. The van der Waals surface area contributed by atoms with Crippen molar-refractivity contribution in [1.82, 2.24) is 4.98 Å². The van der Waals surface area contributed by atoms with E-state index in [-0.39, 0.29) is 5.90 Å². The van der Waals surface area contributed by atoms with E-state index in [2.05, 4.69) is 23.2 Å². The van der Waals surface area contributed by atoms with E-state index in [9.17, 15) is 15.8 Å². The van der Waals surface area contributed by atoms with Crippen molar-refractivity contribution in [2.45, 2.75) is 37.6 Å². The van der Waals surface area contributed by atoms with Crippen molar-refractivity contribution in [2.24, 2.45) is 16.7 Å². The lowest BCUT2D eigenvalue weighted by Crippen LogP contribution is -2.73. The van der Waals surface area contributed by atoms with Gasteiger partial charge in [0.1, 0.15) is 6.10 Å². The molecule has 1 aliphatic carbocycles. The maximum absolute atomic E-state index is 10.1. The predicted octanol–water partition coefficient (Wildman–Crippen LogP) is 2.59. The zero-order valence-electron chi connectivity index (χ0n) is 13.4. The lowest BCUT2D eigenvalue weighted by molar-refractivity contribution is -0.361. The first-order chi connectivity index (χ1) is 12.1. The Labute approximate surface area is 144 Å². The molecule has 0 unspecified atom stereocenters. The van der Waals surface area contributed by atoms with Gasteiger partial charge >= 0.3 is 0 Å². The average molecular weight is 333 g/mol. The molecular weight excluding hydrogens is 318 g/mol. The third-order valence-electron chi connectivity index (χ3n) is 5.77. The number of hydrogen-bond acceptors (Lipinski definition) is 7. The molecule has 1 spiro atoms. The van der Waals surface area contributed by atoms with Gasteiger partial charge in [-0.1, -0.05) is 12.5 Å². The second-order valence-corrected chi connectivity index (χ2v) is 6.75. The second-order valence-electron chi connectivity index (χ2n) is 6.75. The molecule has 4 aliphatic rings. The second kappa shape index (κ2) is 5.02. The molecule has 4 fully saturated rings. The summed E-state index contributed by atoms with van der Waals surface area (Å²) in [5.41, 5.74) is -3.12. The van der Waals surface area contributed by atoms with Crippen molar-refractivity contribution < 1.29 is 9.47 Å². The van der Waals surface area contributed by atoms with Crippen molar-refractivity contribution in [3.63, 3.8) is 0 Å². The first-order valence-corrected chi connectivity index (χ1v) is 8.21. The fourth-order valence-electron chi connectivity index (χ4n) is 4.64. The summed E-state index contributed by atoms with van der Waals surface area (Å²) in [7, 11) is 0. The van der Waals surface area contributed by atoms with Crippen LogP contribution in [-0.4, -0.2) is 16.7 Å². The van der Waals surface area contributed by atoms with Crippen molar-refractivity contribution in [1.29, 1.82) is 21.2 Å². The molecule has 3 saturated heterocycles. The summed E-state index contributed by atoms with van der Waals surface area (Å²) in [6.07, 6.45) is 3.24. The van der Waals surface area contributed by atoms with Gasteiger partial charge in [0.05, 0.1) is 29.8 Å². The van der Waals surface area contributed by atoms with E-state index in [1.807, 2.05) is 0 Å². The van der Waals surface area contributed by atoms with Gasteiger partial charge in [-0.15, -0.1) is 0 Å². The van der Waals surface area contributed by atoms with E-state index in [0.717, 1.165) is 12.8 Å². The van der Waals surface area contributed by atoms with Gasteiger partial charge in [-0.2, -0.15) is 15.8 Å². The van der Waals surface area contributed by atoms with E-state index in [1.54, 1.807) is 24.4 Å². The largest absolute Gasteiger partial charge is 0.447 e. The summed E-state index contributed by atoms with van der Waals surface area (Å²) < 4.78 is 12.0. The summed E-state index contributed by atoms with van der Waals surface area (Å²) in [5.74, 6) is -2.16. The molecular formula is C18H15N5O2. The molecule has 1 N–H and O–H groups in total. The normalized spacial score (nSPS) is 37.7. The van der Waals surface area contributed by atoms with E-state index in [0.29, 0.717) is 18.5 Å². The number of fused-ring (bicyclic) bond motifs is 2. The summed E-state index contributed by atoms with van der Waals surface area (Å²) in [5, 5.41) is 38.6. The quantitative estimate of drug-likeness (QED) is 0.841. The van der Waals surface area contributed by atoms with Gasteiger partial charge in [-0.05, 0) is 25.0 Å². The van der Waals surface area contributed by atoms with Crippen LogP contribution in [0.1, 0.15) is 37.5 Å². The molecule has 0 radical (unpaired) electrons. The third-order valence-corrected chi connectivity index (χ3v) is 5.77. The Morgan fingerprint density at radius 2 is 1.96 bits per heavy atom. The van der Waals surface area contributed by atoms with Crippen LogP contribution >= 0.6 is 0 Å². The highest BCUT2D eigenvalue weighted by atomic mass is 16.7.